The van der Waals surface area contributed by atoms with E-state index in [4.69, 9.17) is 11.6 Å². The molecule has 2 heterocycles. The van der Waals surface area contributed by atoms with Gasteiger partial charge < -0.3 is 10.2 Å². The summed E-state index contributed by atoms with van der Waals surface area (Å²) in [6.07, 6.45) is 1.79. The number of thiazole rings is 1. The number of nitrogens with zero attached hydrogens (tertiary/aromatic N) is 2. The highest BCUT2D eigenvalue weighted by Gasteiger charge is 2.28. The van der Waals surface area contributed by atoms with Crippen LogP contribution in [0.25, 0.3) is 0 Å². The smallest absolute Gasteiger partial charge is 0.255 e. The van der Waals surface area contributed by atoms with Crippen LogP contribution in [0.5, 0.6) is 0 Å². The van der Waals surface area contributed by atoms with Gasteiger partial charge in [-0.25, -0.2) is 9.37 Å². The van der Waals surface area contributed by atoms with Crippen molar-refractivity contribution >= 4 is 34.8 Å². The maximum absolute atomic E-state index is 13.5. The van der Waals surface area contributed by atoms with Crippen molar-refractivity contribution in [2.45, 2.75) is 39.2 Å². The third-order valence-electron chi connectivity index (χ3n) is 4.75. The molecule has 0 spiro atoms. The number of likely N-dealkylation sites (tertiary alicyclic amines) is 1. The molecular formula is C20H23ClFN3O2S. The minimum Gasteiger partial charge on any atom is -0.350 e. The number of aromatic nitrogens is 1. The number of carbonyl (C=O) groups excluding carboxylic acids is 2. The molecule has 1 aromatic carbocycles. The van der Waals surface area contributed by atoms with E-state index in [1.165, 1.54) is 18.2 Å². The normalized spacial score (nSPS) is 17.0. The predicted molar refractivity (Wildman–Crippen MR) is 108 cm³/mol. The Morgan fingerprint density at radius 2 is 2.21 bits per heavy atom. The number of piperidine rings is 1. The average molecular weight is 424 g/mol. The van der Waals surface area contributed by atoms with Crippen molar-refractivity contribution in [1.29, 1.82) is 0 Å². The van der Waals surface area contributed by atoms with Crippen molar-refractivity contribution < 1.29 is 14.0 Å². The van der Waals surface area contributed by atoms with Crippen LogP contribution in [-0.2, 0) is 11.3 Å². The minimum atomic E-state index is -0.477. The van der Waals surface area contributed by atoms with Gasteiger partial charge in [-0.3, -0.25) is 9.59 Å². The van der Waals surface area contributed by atoms with E-state index in [0.717, 1.165) is 23.5 Å². The van der Waals surface area contributed by atoms with Crippen molar-refractivity contribution in [2.24, 2.45) is 5.92 Å². The van der Waals surface area contributed by atoms with Crippen LogP contribution in [0.4, 0.5) is 4.39 Å². The van der Waals surface area contributed by atoms with Crippen LogP contribution in [0.1, 0.15) is 53.7 Å². The summed E-state index contributed by atoms with van der Waals surface area (Å²) >= 11 is 7.64. The number of hydrogen-bond donors (Lipinski definition) is 1. The van der Waals surface area contributed by atoms with Crippen molar-refractivity contribution in [2.75, 3.05) is 13.1 Å². The van der Waals surface area contributed by atoms with E-state index in [2.05, 4.69) is 10.3 Å². The Morgan fingerprint density at radius 1 is 1.43 bits per heavy atom. The predicted octanol–water partition coefficient (Wildman–Crippen LogP) is 4.23. The molecule has 3 rings (SSSR count). The molecule has 8 heteroatoms. The Morgan fingerprint density at radius 3 is 2.96 bits per heavy atom. The second-order valence-corrected chi connectivity index (χ2v) is 8.56. The first-order valence-corrected chi connectivity index (χ1v) is 10.6. The van der Waals surface area contributed by atoms with Gasteiger partial charge in [0.1, 0.15) is 5.82 Å². The summed E-state index contributed by atoms with van der Waals surface area (Å²) in [5.74, 6) is -0.671. The fourth-order valence-corrected chi connectivity index (χ4v) is 4.31. The molecule has 1 atom stereocenters. The molecule has 0 bridgehead atoms. The van der Waals surface area contributed by atoms with E-state index in [1.54, 1.807) is 16.2 Å². The minimum absolute atomic E-state index is 0.00374. The molecule has 0 unspecified atom stereocenters. The Bertz CT molecular complexity index is 871. The van der Waals surface area contributed by atoms with Gasteiger partial charge >= 0.3 is 0 Å². The van der Waals surface area contributed by atoms with Gasteiger partial charge in [0.15, 0.2) is 0 Å². The molecule has 1 saturated heterocycles. The van der Waals surface area contributed by atoms with Crippen molar-refractivity contribution in [3.05, 3.63) is 50.7 Å². The molecule has 28 heavy (non-hydrogen) atoms. The molecule has 150 valence electrons. The lowest BCUT2D eigenvalue weighted by atomic mass is 9.98. The van der Waals surface area contributed by atoms with Crippen molar-refractivity contribution in [3.63, 3.8) is 0 Å². The van der Waals surface area contributed by atoms with Crippen LogP contribution >= 0.6 is 22.9 Å². The van der Waals surface area contributed by atoms with Gasteiger partial charge in [0.25, 0.3) is 5.91 Å². The van der Waals surface area contributed by atoms with Gasteiger partial charge in [0.2, 0.25) is 5.91 Å². The lowest BCUT2D eigenvalue weighted by Crippen LogP contribution is -2.39. The zero-order valence-electron chi connectivity index (χ0n) is 15.9. The lowest BCUT2D eigenvalue weighted by molar-refractivity contribution is -0.124. The van der Waals surface area contributed by atoms with Crippen LogP contribution < -0.4 is 5.32 Å². The summed E-state index contributed by atoms with van der Waals surface area (Å²) in [7, 11) is 0. The third kappa shape index (κ3) is 4.89. The topological polar surface area (TPSA) is 62.3 Å². The van der Waals surface area contributed by atoms with E-state index in [1.807, 2.05) is 19.2 Å². The lowest BCUT2D eigenvalue weighted by Gasteiger charge is -2.32. The van der Waals surface area contributed by atoms with Gasteiger partial charge in [-0.05, 0) is 31.0 Å². The quantitative estimate of drug-likeness (QED) is 0.782. The summed E-state index contributed by atoms with van der Waals surface area (Å²) in [5.41, 5.74) is 1.02. The number of halogens is 2. The fourth-order valence-electron chi connectivity index (χ4n) is 3.17. The molecule has 1 aliphatic heterocycles. The van der Waals surface area contributed by atoms with Crippen LogP contribution in [0, 0.1) is 11.7 Å². The third-order valence-corrected chi connectivity index (χ3v) is 6.14. The number of amides is 2. The standard InChI is InChI=1S/C20H23ClFN3O2S/c1-12(2)18(26)23-9-15-11-28-19(24-15)13-4-3-7-25(10-13)20(27)16-8-14(22)5-6-17(16)21/h5-6,8,11-13H,3-4,7,9-10H2,1-2H3,(H,23,26)/t13-/m1/s1. The summed E-state index contributed by atoms with van der Waals surface area (Å²) in [4.78, 5) is 30.9. The average Bonchev–Trinajstić information content (AvgIpc) is 3.16. The zero-order valence-corrected chi connectivity index (χ0v) is 17.4. The first-order valence-electron chi connectivity index (χ1n) is 9.31. The first kappa shape index (κ1) is 20.7. The van der Waals surface area contributed by atoms with E-state index < -0.39 is 5.82 Å². The van der Waals surface area contributed by atoms with Crippen molar-refractivity contribution in [3.8, 4) is 0 Å². The van der Waals surface area contributed by atoms with Crippen LogP contribution in [-0.4, -0.2) is 34.8 Å². The van der Waals surface area contributed by atoms with Gasteiger partial charge in [0, 0.05) is 30.3 Å². The van der Waals surface area contributed by atoms with Crippen LogP contribution in [0.15, 0.2) is 23.6 Å². The SMILES string of the molecule is CC(C)C(=O)NCc1csc([C@@H]2CCCN(C(=O)c3cc(F)ccc3Cl)C2)n1. The molecule has 1 N–H and O–H groups in total. The van der Waals surface area contributed by atoms with E-state index in [-0.39, 0.29) is 34.2 Å². The summed E-state index contributed by atoms with van der Waals surface area (Å²) in [5, 5.41) is 6.02. The highest BCUT2D eigenvalue weighted by molar-refractivity contribution is 7.09. The first-order chi connectivity index (χ1) is 13.3. The summed E-state index contributed by atoms with van der Waals surface area (Å²) in [6.45, 7) is 5.24. The number of benzene rings is 1. The summed E-state index contributed by atoms with van der Waals surface area (Å²) < 4.78 is 13.5. The van der Waals surface area contributed by atoms with Gasteiger partial charge in [-0.2, -0.15) is 0 Å². The Hall–Kier alpha value is -1.99. The Labute approximate surface area is 172 Å². The van der Waals surface area contributed by atoms with E-state index in [9.17, 15) is 14.0 Å². The number of carbonyl (C=O) groups is 2. The zero-order chi connectivity index (χ0) is 20.3. The second-order valence-electron chi connectivity index (χ2n) is 7.26. The summed E-state index contributed by atoms with van der Waals surface area (Å²) in [6, 6.07) is 3.84. The van der Waals surface area contributed by atoms with Crippen LogP contribution in [0.3, 0.4) is 0 Å². The molecular weight excluding hydrogens is 401 g/mol. The molecule has 2 aromatic rings. The Kier molecular flexibility index (Phi) is 6.67. The fraction of sp³-hybridized carbons (Fsp3) is 0.450. The molecule has 5 nitrogen and oxygen atoms in total. The molecule has 1 fully saturated rings. The van der Waals surface area contributed by atoms with Gasteiger partial charge in [-0.15, -0.1) is 11.3 Å². The molecule has 0 saturated carbocycles. The highest BCUT2D eigenvalue weighted by atomic mass is 35.5. The number of rotatable bonds is 5. The monoisotopic (exact) mass is 423 g/mol. The molecule has 0 aliphatic carbocycles. The second kappa shape index (κ2) is 9.01. The highest BCUT2D eigenvalue weighted by Crippen LogP contribution is 2.31. The number of hydrogen-bond acceptors (Lipinski definition) is 4. The largest absolute Gasteiger partial charge is 0.350 e. The molecule has 1 aliphatic rings. The van der Waals surface area contributed by atoms with Gasteiger partial charge in [-0.1, -0.05) is 25.4 Å². The van der Waals surface area contributed by atoms with Crippen molar-refractivity contribution in [1.82, 2.24) is 15.2 Å². The van der Waals surface area contributed by atoms with E-state index in [0.29, 0.717) is 19.6 Å². The maximum Gasteiger partial charge on any atom is 0.255 e. The molecule has 2 amide bonds. The molecule has 0 radical (unpaired) electrons. The van der Waals surface area contributed by atoms with Crippen LogP contribution in [0.2, 0.25) is 5.02 Å². The van der Waals surface area contributed by atoms with Gasteiger partial charge in [0.05, 0.1) is 27.8 Å². The Balaban J connectivity index is 1.66. The van der Waals surface area contributed by atoms with E-state index >= 15 is 0 Å². The number of nitrogens with one attached hydrogen (secondary N) is 1. The maximum atomic E-state index is 13.5. The molecule has 1 aromatic heterocycles.